The van der Waals surface area contributed by atoms with Gasteiger partial charge in [-0.2, -0.15) is 0 Å². The highest BCUT2D eigenvalue weighted by molar-refractivity contribution is 5.88. The van der Waals surface area contributed by atoms with Crippen molar-refractivity contribution >= 4 is 17.5 Å². The zero-order valence-corrected chi connectivity index (χ0v) is 12.4. The van der Waals surface area contributed by atoms with E-state index in [2.05, 4.69) is 16.0 Å². The van der Waals surface area contributed by atoms with Gasteiger partial charge in [-0.1, -0.05) is 12.1 Å². The first-order valence-corrected chi connectivity index (χ1v) is 7.50. The third-order valence-corrected chi connectivity index (χ3v) is 3.65. The van der Waals surface area contributed by atoms with Crippen LogP contribution < -0.4 is 16.0 Å². The molecule has 1 unspecified atom stereocenters. The number of piperidine rings is 1. The van der Waals surface area contributed by atoms with E-state index >= 15 is 0 Å². The maximum Gasteiger partial charge on any atom is 0.224 e. The van der Waals surface area contributed by atoms with Gasteiger partial charge in [0.1, 0.15) is 0 Å². The average Bonchev–Trinajstić information content (AvgIpc) is 2.49. The average molecular weight is 289 g/mol. The van der Waals surface area contributed by atoms with Crippen LogP contribution in [0.15, 0.2) is 24.3 Å². The fourth-order valence-corrected chi connectivity index (χ4v) is 2.51. The lowest BCUT2D eigenvalue weighted by molar-refractivity contribution is -0.125. The van der Waals surface area contributed by atoms with Crippen molar-refractivity contribution in [3.8, 4) is 0 Å². The smallest absolute Gasteiger partial charge is 0.224 e. The molecule has 0 aromatic heterocycles. The Morgan fingerprint density at radius 1 is 1.29 bits per heavy atom. The van der Waals surface area contributed by atoms with Crippen molar-refractivity contribution in [1.29, 1.82) is 0 Å². The van der Waals surface area contributed by atoms with E-state index < -0.39 is 0 Å². The molecular formula is C16H23N3O2. The van der Waals surface area contributed by atoms with Crippen LogP contribution in [0.5, 0.6) is 0 Å². The molecule has 1 saturated heterocycles. The molecule has 3 N–H and O–H groups in total. The van der Waals surface area contributed by atoms with Gasteiger partial charge in [-0.15, -0.1) is 0 Å². The normalized spacial score (nSPS) is 18.0. The van der Waals surface area contributed by atoms with Gasteiger partial charge in [0.25, 0.3) is 0 Å². The molecule has 0 aliphatic carbocycles. The van der Waals surface area contributed by atoms with Crippen molar-refractivity contribution in [2.75, 3.05) is 25.0 Å². The molecule has 1 fully saturated rings. The van der Waals surface area contributed by atoms with Crippen LogP contribution in [0.3, 0.4) is 0 Å². The molecule has 1 aliphatic heterocycles. The second-order valence-electron chi connectivity index (χ2n) is 5.46. The minimum absolute atomic E-state index is 0.0731. The summed E-state index contributed by atoms with van der Waals surface area (Å²) in [6, 6.07) is 7.70. The molecule has 0 bridgehead atoms. The van der Waals surface area contributed by atoms with Crippen molar-refractivity contribution < 1.29 is 9.59 Å². The monoisotopic (exact) mass is 289 g/mol. The van der Waals surface area contributed by atoms with Crippen LogP contribution in [0.1, 0.15) is 25.3 Å². The van der Waals surface area contributed by atoms with Crippen LogP contribution in [0.4, 0.5) is 5.69 Å². The van der Waals surface area contributed by atoms with E-state index in [1.54, 1.807) is 0 Å². The van der Waals surface area contributed by atoms with Crippen molar-refractivity contribution in [2.45, 2.75) is 26.2 Å². The van der Waals surface area contributed by atoms with Gasteiger partial charge in [0.05, 0.1) is 5.92 Å². The molecule has 5 nitrogen and oxygen atoms in total. The summed E-state index contributed by atoms with van der Waals surface area (Å²) in [5, 5.41) is 8.98. The number of amides is 2. The Morgan fingerprint density at radius 3 is 2.67 bits per heavy atom. The van der Waals surface area contributed by atoms with Gasteiger partial charge in [-0.3, -0.25) is 9.59 Å². The van der Waals surface area contributed by atoms with Crippen LogP contribution in [0.2, 0.25) is 0 Å². The zero-order chi connectivity index (χ0) is 15.1. The van der Waals surface area contributed by atoms with E-state index in [0.717, 1.165) is 43.6 Å². The van der Waals surface area contributed by atoms with Gasteiger partial charge < -0.3 is 16.0 Å². The number of carbonyl (C=O) groups excluding carboxylic acids is 2. The second kappa shape index (κ2) is 7.78. The Kier molecular flexibility index (Phi) is 5.75. The predicted octanol–water partition coefficient (Wildman–Crippen LogP) is 1.30. The highest BCUT2D eigenvalue weighted by Crippen LogP contribution is 2.11. The Morgan fingerprint density at radius 2 is 2.05 bits per heavy atom. The largest absolute Gasteiger partial charge is 0.355 e. The number of hydrogen-bond donors (Lipinski definition) is 3. The molecule has 0 radical (unpaired) electrons. The third kappa shape index (κ3) is 5.19. The van der Waals surface area contributed by atoms with Crippen LogP contribution in [-0.2, 0) is 16.0 Å². The lowest BCUT2D eigenvalue weighted by Crippen LogP contribution is -2.41. The fourth-order valence-electron chi connectivity index (χ4n) is 2.51. The summed E-state index contributed by atoms with van der Waals surface area (Å²) in [4.78, 5) is 22.9. The van der Waals surface area contributed by atoms with Crippen LogP contribution in [-0.4, -0.2) is 31.4 Å². The van der Waals surface area contributed by atoms with E-state index in [-0.39, 0.29) is 17.7 Å². The van der Waals surface area contributed by atoms with Gasteiger partial charge in [0.15, 0.2) is 0 Å². The first-order valence-electron chi connectivity index (χ1n) is 7.50. The number of hydrogen-bond acceptors (Lipinski definition) is 3. The molecule has 114 valence electrons. The Hall–Kier alpha value is -1.88. The molecule has 1 aromatic rings. The van der Waals surface area contributed by atoms with E-state index in [4.69, 9.17) is 0 Å². The molecule has 21 heavy (non-hydrogen) atoms. The molecule has 0 saturated carbocycles. The molecule has 1 aliphatic rings. The first kappa shape index (κ1) is 15.5. The Bertz CT molecular complexity index is 479. The summed E-state index contributed by atoms with van der Waals surface area (Å²) >= 11 is 0. The van der Waals surface area contributed by atoms with Crippen molar-refractivity contribution in [3.63, 3.8) is 0 Å². The number of benzene rings is 1. The molecule has 2 rings (SSSR count). The molecule has 0 spiro atoms. The predicted molar refractivity (Wildman–Crippen MR) is 83.1 cm³/mol. The van der Waals surface area contributed by atoms with Crippen LogP contribution in [0, 0.1) is 5.92 Å². The van der Waals surface area contributed by atoms with E-state index in [0.29, 0.717) is 6.54 Å². The van der Waals surface area contributed by atoms with E-state index in [1.165, 1.54) is 6.92 Å². The highest BCUT2D eigenvalue weighted by atomic mass is 16.2. The molecule has 1 atom stereocenters. The second-order valence-corrected chi connectivity index (χ2v) is 5.46. The number of anilines is 1. The summed E-state index contributed by atoms with van der Waals surface area (Å²) in [6.07, 6.45) is 2.85. The molecule has 1 heterocycles. The van der Waals surface area contributed by atoms with E-state index in [1.807, 2.05) is 24.3 Å². The van der Waals surface area contributed by atoms with Crippen molar-refractivity contribution in [2.24, 2.45) is 5.92 Å². The van der Waals surface area contributed by atoms with Gasteiger partial charge in [-0.25, -0.2) is 0 Å². The number of nitrogens with one attached hydrogen (secondary N) is 3. The van der Waals surface area contributed by atoms with Crippen LogP contribution >= 0.6 is 0 Å². The minimum atomic E-state index is -0.0731. The quantitative estimate of drug-likeness (QED) is 0.765. The van der Waals surface area contributed by atoms with Gasteiger partial charge >= 0.3 is 0 Å². The summed E-state index contributed by atoms with van der Waals surface area (Å²) in [7, 11) is 0. The SMILES string of the molecule is CC(=O)Nc1ccc(CCNC(=O)C2CCCNC2)cc1. The van der Waals surface area contributed by atoms with E-state index in [9.17, 15) is 9.59 Å². The van der Waals surface area contributed by atoms with Gasteiger partial charge in [0, 0.05) is 25.7 Å². The zero-order valence-electron chi connectivity index (χ0n) is 12.4. The van der Waals surface area contributed by atoms with Crippen LogP contribution in [0.25, 0.3) is 0 Å². The Labute approximate surface area is 125 Å². The summed E-state index contributed by atoms with van der Waals surface area (Å²) in [6.45, 7) is 3.94. The summed E-state index contributed by atoms with van der Waals surface area (Å²) < 4.78 is 0. The summed E-state index contributed by atoms with van der Waals surface area (Å²) in [5.74, 6) is 0.189. The Balaban J connectivity index is 1.72. The highest BCUT2D eigenvalue weighted by Gasteiger charge is 2.19. The van der Waals surface area contributed by atoms with Gasteiger partial charge in [-0.05, 0) is 43.5 Å². The lowest BCUT2D eigenvalue weighted by atomic mass is 9.99. The maximum absolute atomic E-state index is 12.0. The maximum atomic E-state index is 12.0. The van der Waals surface area contributed by atoms with Crippen molar-refractivity contribution in [1.82, 2.24) is 10.6 Å². The molecule has 2 amide bonds. The standard InChI is InChI=1S/C16H23N3O2/c1-12(20)19-15-6-4-13(5-7-15)8-10-18-16(21)14-3-2-9-17-11-14/h4-7,14,17H,2-3,8-11H2,1H3,(H,18,21)(H,19,20). The molecular weight excluding hydrogens is 266 g/mol. The minimum Gasteiger partial charge on any atom is -0.355 e. The topological polar surface area (TPSA) is 70.2 Å². The fraction of sp³-hybridized carbons (Fsp3) is 0.500. The summed E-state index contributed by atoms with van der Waals surface area (Å²) in [5.41, 5.74) is 1.94. The van der Waals surface area contributed by atoms with Crippen molar-refractivity contribution in [3.05, 3.63) is 29.8 Å². The molecule has 5 heteroatoms. The first-order chi connectivity index (χ1) is 10.1. The lowest BCUT2D eigenvalue weighted by Gasteiger charge is -2.21. The number of carbonyl (C=O) groups is 2. The van der Waals surface area contributed by atoms with Gasteiger partial charge in [0.2, 0.25) is 11.8 Å². The molecule has 1 aromatic carbocycles. The third-order valence-electron chi connectivity index (χ3n) is 3.65. The number of rotatable bonds is 5.